The summed E-state index contributed by atoms with van der Waals surface area (Å²) in [6.45, 7) is 16.1. The summed E-state index contributed by atoms with van der Waals surface area (Å²) in [5, 5.41) is 9.57. The van der Waals surface area contributed by atoms with Crippen LogP contribution in [0.3, 0.4) is 0 Å². The average molecular weight is 577 g/mol. The lowest BCUT2D eigenvalue weighted by Gasteiger charge is -2.72. The number of halogens is 1. The number of carbonyl (C=O) groups excluding carboxylic acids is 2. The van der Waals surface area contributed by atoms with Gasteiger partial charge >= 0.3 is 11.9 Å². The lowest BCUT2D eigenvalue weighted by molar-refractivity contribution is -0.252. The first-order valence-corrected chi connectivity index (χ1v) is 15.8. The standard InChI is InChI=1S/C33H49FO5S/c1-19(40)25(36)39-24-10-11-31(7)22(27(24,2)3)9-12-32(8)30(6)16-15-28(4)13-14-29(5,26(37)38)18-21(28)20(30)17-23(35)33(31,32)34/h17,19,21-22,24,40H,9-16,18H2,1-8H3,(H,37,38). The Morgan fingerprint density at radius 2 is 1.62 bits per heavy atom. The van der Waals surface area contributed by atoms with E-state index in [0.29, 0.717) is 32.1 Å². The number of carboxylic acids is 1. The molecule has 5 rings (SSSR count). The minimum atomic E-state index is -2.07. The molecule has 0 aromatic heterocycles. The summed E-state index contributed by atoms with van der Waals surface area (Å²) >= 11 is 4.25. The van der Waals surface area contributed by atoms with E-state index in [1.807, 2.05) is 20.8 Å². The van der Waals surface area contributed by atoms with E-state index in [9.17, 15) is 19.5 Å². The van der Waals surface area contributed by atoms with Gasteiger partial charge in [-0.15, -0.1) is 0 Å². The maximum Gasteiger partial charge on any atom is 0.318 e. The van der Waals surface area contributed by atoms with Gasteiger partial charge in [0.15, 0.2) is 11.5 Å². The fourth-order valence-corrected chi connectivity index (χ4v) is 10.8. The molecule has 4 saturated carbocycles. The molecule has 10 unspecified atom stereocenters. The first-order chi connectivity index (χ1) is 18.2. The predicted molar refractivity (Wildman–Crippen MR) is 156 cm³/mol. The first-order valence-electron chi connectivity index (χ1n) is 15.3. The van der Waals surface area contributed by atoms with Crippen LogP contribution in [0.15, 0.2) is 11.6 Å². The van der Waals surface area contributed by atoms with Gasteiger partial charge in [-0.3, -0.25) is 14.4 Å². The highest BCUT2D eigenvalue weighted by molar-refractivity contribution is 7.81. The van der Waals surface area contributed by atoms with Gasteiger partial charge in [-0.25, -0.2) is 4.39 Å². The lowest BCUT2D eigenvalue weighted by Crippen LogP contribution is -2.75. The van der Waals surface area contributed by atoms with Crippen LogP contribution >= 0.6 is 12.6 Å². The Bertz CT molecular complexity index is 1180. The smallest absolute Gasteiger partial charge is 0.318 e. The molecule has 40 heavy (non-hydrogen) atoms. The number of ketones is 1. The number of carboxylic acid groups (broad SMARTS) is 1. The van der Waals surface area contributed by atoms with Crippen LogP contribution in [0.25, 0.3) is 0 Å². The molecule has 5 nitrogen and oxygen atoms in total. The van der Waals surface area contributed by atoms with Gasteiger partial charge in [-0.2, -0.15) is 12.6 Å². The monoisotopic (exact) mass is 576 g/mol. The molecule has 5 aliphatic carbocycles. The minimum Gasteiger partial charge on any atom is -0.481 e. The van der Waals surface area contributed by atoms with Gasteiger partial charge in [0.25, 0.3) is 0 Å². The number of ether oxygens (including phenoxy) is 1. The molecule has 0 bridgehead atoms. The topological polar surface area (TPSA) is 80.7 Å². The Morgan fingerprint density at radius 3 is 2.23 bits per heavy atom. The number of allylic oxidation sites excluding steroid dienone is 2. The van der Waals surface area contributed by atoms with Crippen LogP contribution in [-0.2, 0) is 19.1 Å². The number of hydrogen-bond acceptors (Lipinski definition) is 5. The van der Waals surface area contributed by atoms with Crippen LogP contribution in [-0.4, -0.2) is 39.9 Å². The fourth-order valence-electron chi connectivity index (χ4n) is 10.7. The number of rotatable bonds is 3. The van der Waals surface area contributed by atoms with Gasteiger partial charge < -0.3 is 9.84 Å². The summed E-state index contributed by atoms with van der Waals surface area (Å²) in [5.74, 6) is -1.76. The number of carbonyl (C=O) groups is 3. The zero-order valence-corrected chi connectivity index (χ0v) is 26.6. The largest absolute Gasteiger partial charge is 0.481 e. The van der Waals surface area contributed by atoms with Crippen LogP contribution in [0.5, 0.6) is 0 Å². The first kappa shape index (κ1) is 30.1. The summed E-state index contributed by atoms with van der Waals surface area (Å²) in [7, 11) is 0. The summed E-state index contributed by atoms with van der Waals surface area (Å²) in [4.78, 5) is 39.2. The highest BCUT2D eigenvalue weighted by Crippen LogP contribution is 2.77. The number of esters is 1. The number of hydrogen-bond donors (Lipinski definition) is 2. The molecule has 0 spiro atoms. The number of alkyl halides is 1. The Kier molecular flexibility index (Phi) is 6.64. The van der Waals surface area contributed by atoms with Gasteiger partial charge in [0.2, 0.25) is 0 Å². The summed E-state index contributed by atoms with van der Waals surface area (Å²) in [5.41, 5.74) is -4.86. The molecule has 10 atom stereocenters. The quantitative estimate of drug-likeness (QED) is 0.271. The van der Waals surface area contributed by atoms with Gasteiger partial charge in [0.05, 0.1) is 10.7 Å². The molecule has 7 heteroatoms. The van der Waals surface area contributed by atoms with E-state index >= 15 is 4.39 Å². The van der Waals surface area contributed by atoms with Gasteiger partial charge in [0.1, 0.15) is 6.10 Å². The van der Waals surface area contributed by atoms with E-state index in [0.717, 1.165) is 31.3 Å². The maximum atomic E-state index is 18.4. The minimum absolute atomic E-state index is 0.0493. The summed E-state index contributed by atoms with van der Waals surface area (Å²) < 4.78 is 24.3. The van der Waals surface area contributed by atoms with Crippen LogP contribution < -0.4 is 0 Å². The van der Waals surface area contributed by atoms with Crippen molar-refractivity contribution in [3.8, 4) is 0 Å². The van der Waals surface area contributed by atoms with Crippen molar-refractivity contribution >= 4 is 30.4 Å². The Hall–Kier alpha value is -1.37. The van der Waals surface area contributed by atoms with Gasteiger partial charge in [-0.1, -0.05) is 47.1 Å². The second-order valence-corrected chi connectivity index (χ2v) is 16.8. The molecule has 0 heterocycles. The van der Waals surface area contributed by atoms with Crippen molar-refractivity contribution in [3.05, 3.63) is 11.6 Å². The zero-order chi connectivity index (χ0) is 29.9. The van der Waals surface area contributed by atoms with Crippen molar-refractivity contribution in [1.29, 1.82) is 0 Å². The third-order valence-corrected chi connectivity index (χ3v) is 14.0. The SMILES string of the molecule is CC(S)C(=O)OC1CCC2(C)C(CCC3(C)C4(C)CCC5(C)CCC(C)(C(=O)O)CC5C4=CC(=O)C23F)C1(C)C. The van der Waals surface area contributed by atoms with E-state index in [4.69, 9.17) is 4.74 Å². The molecule has 0 radical (unpaired) electrons. The molecule has 1 N–H and O–H groups in total. The molecular weight excluding hydrogens is 527 g/mol. The van der Waals surface area contributed by atoms with E-state index in [1.54, 1.807) is 13.0 Å². The molecule has 4 fully saturated rings. The third-order valence-electron chi connectivity index (χ3n) is 13.8. The van der Waals surface area contributed by atoms with Crippen molar-refractivity contribution in [2.24, 2.45) is 44.3 Å². The highest BCUT2D eigenvalue weighted by Gasteiger charge is 2.78. The predicted octanol–water partition coefficient (Wildman–Crippen LogP) is 7.37. The normalized spacial score (nSPS) is 50.3. The van der Waals surface area contributed by atoms with Crippen LogP contribution in [0.4, 0.5) is 4.39 Å². The molecule has 0 amide bonds. The van der Waals surface area contributed by atoms with E-state index in [1.165, 1.54) is 0 Å². The van der Waals surface area contributed by atoms with Gasteiger partial charge in [-0.05, 0) is 100 Å². The highest BCUT2D eigenvalue weighted by atomic mass is 32.1. The Morgan fingerprint density at radius 1 is 1.00 bits per heavy atom. The lowest BCUT2D eigenvalue weighted by atomic mass is 9.32. The Labute approximate surface area is 244 Å². The van der Waals surface area contributed by atoms with Crippen molar-refractivity contribution < 1.29 is 28.6 Å². The maximum absolute atomic E-state index is 18.4. The molecular formula is C33H49FO5S. The average Bonchev–Trinajstić information content (AvgIpc) is 2.86. The van der Waals surface area contributed by atoms with Crippen molar-refractivity contribution in [3.63, 3.8) is 0 Å². The molecule has 0 aliphatic heterocycles. The summed E-state index contributed by atoms with van der Waals surface area (Å²) in [6, 6.07) is 0. The second-order valence-electron chi connectivity index (χ2n) is 16.0. The van der Waals surface area contributed by atoms with Crippen LogP contribution in [0.2, 0.25) is 0 Å². The van der Waals surface area contributed by atoms with Crippen molar-refractivity contribution in [2.45, 2.75) is 130 Å². The zero-order valence-electron chi connectivity index (χ0n) is 25.7. The second kappa shape index (κ2) is 8.83. The summed E-state index contributed by atoms with van der Waals surface area (Å²) in [6.07, 6.45) is 7.22. The van der Waals surface area contributed by atoms with E-state index in [-0.39, 0.29) is 29.3 Å². The fraction of sp³-hybridized carbons (Fsp3) is 0.848. The van der Waals surface area contributed by atoms with Crippen molar-refractivity contribution in [2.75, 3.05) is 0 Å². The number of thiol groups is 1. The van der Waals surface area contributed by atoms with Gasteiger partial charge in [0, 0.05) is 16.2 Å². The van der Waals surface area contributed by atoms with Crippen LogP contribution in [0.1, 0.15) is 113 Å². The molecule has 0 aromatic carbocycles. The van der Waals surface area contributed by atoms with E-state index < -0.39 is 49.7 Å². The van der Waals surface area contributed by atoms with Crippen molar-refractivity contribution in [1.82, 2.24) is 0 Å². The molecule has 224 valence electrons. The number of aliphatic carboxylic acids is 1. The third kappa shape index (κ3) is 3.54. The molecule has 5 aliphatic rings. The van der Waals surface area contributed by atoms with Crippen LogP contribution in [0, 0.1) is 44.3 Å². The molecule has 0 aromatic rings. The Balaban J connectivity index is 1.59. The molecule has 0 saturated heterocycles. The van der Waals surface area contributed by atoms with E-state index in [2.05, 4.69) is 40.3 Å². The number of fused-ring (bicyclic) bond motifs is 7.